The van der Waals surface area contributed by atoms with Crippen molar-refractivity contribution in [1.82, 2.24) is 34.7 Å². The minimum absolute atomic E-state index is 0.0256. The lowest BCUT2D eigenvalue weighted by molar-refractivity contribution is -0.0259. The van der Waals surface area contributed by atoms with Crippen LogP contribution in [0.1, 0.15) is 104 Å². The second-order valence-electron chi connectivity index (χ2n) is 16.6. The summed E-state index contributed by atoms with van der Waals surface area (Å²) < 4.78 is 29.7. The first-order chi connectivity index (χ1) is 28.2. The van der Waals surface area contributed by atoms with E-state index < -0.39 is 11.4 Å². The SMILES string of the molecule is Cc1cc(C)nc(NCCn2c(CN3CCC(c4cccc(OCc5ccc(C#N)cc5F)n4)CC3)nc3ccc(C(=O)NC(C)(C)CCOC(C)(C)CCI)cc32)n1. The Bertz CT molecular complexity index is 2260. The molecule has 4 heterocycles. The molecule has 312 valence electrons. The fourth-order valence-electron chi connectivity index (χ4n) is 7.30. The van der Waals surface area contributed by atoms with Gasteiger partial charge in [-0.1, -0.05) is 34.7 Å². The summed E-state index contributed by atoms with van der Waals surface area (Å²) in [5.41, 5.74) is 5.05. The van der Waals surface area contributed by atoms with Gasteiger partial charge in [-0.2, -0.15) is 5.26 Å². The molecular weight excluding hydrogens is 860 g/mol. The van der Waals surface area contributed by atoms with Crippen LogP contribution in [0.3, 0.4) is 0 Å². The fraction of sp³-hybridized carbons (Fsp3) is 0.467. The van der Waals surface area contributed by atoms with E-state index in [-0.39, 0.29) is 29.6 Å². The third-order valence-corrected chi connectivity index (χ3v) is 11.3. The molecule has 2 N–H and O–H groups in total. The number of rotatable bonds is 18. The van der Waals surface area contributed by atoms with Crippen LogP contribution in [-0.2, 0) is 24.4 Å². The summed E-state index contributed by atoms with van der Waals surface area (Å²) in [6.07, 6.45) is 3.48. The number of fused-ring (bicyclic) bond motifs is 1. The number of nitrogens with one attached hydrogen (secondary N) is 2. The summed E-state index contributed by atoms with van der Waals surface area (Å²) in [5.74, 6) is 1.60. The lowest BCUT2D eigenvalue weighted by Crippen LogP contribution is -2.44. The number of halogens is 2. The van der Waals surface area contributed by atoms with Crippen molar-refractivity contribution in [3.63, 3.8) is 0 Å². The Morgan fingerprint density at radius 2 is 1.75 bits per heavy atom. The lowest BCUT2D eigenvalue weighted by Gasteiger charge is -2.31. The molecule has 0 unspecified atom stereocenters. The summed E-state index contributed by atoms with van der Waals surface area (Å²) in [6.45, 7) is 16.3. The number of carbonyl (C=O) groups is 1. The monoisotopic (exact) mass is 915 g/mol. The summed E-state index contributed by atoms with van der Waals surface area (Å²) in [7, 11) is 0. The van der Waals surface area contributed by atoms with Crippen LogP contribution >= 0.6 is 22.6 Å². The van der Waals surface area contributed by atoms with E-state index in [9.17, 15) is 9.18 Å². The predicted molar refractivity (Wildman–Crippen MR) is 236 cm³/mol. The van der Waals surface area contributed by atoms with Crippen LogP contribution in [-0.4, -0.2) is 77.1 Å². The van der Waals surface area contributed by atoms with E-state index in [0.717, 1.165) is 70.7 Å². The maximum Gasteiger partial charge on any atom is 0.251 e. The highest BCUT2D eigenvalue weighted by atomic mass is 127. The van der Waals surface area contributed by atoms with Gasteiger partial charge in [-0.25, -0.2) is 24.3 Å². The van der Waals surface area contributed by atoms with Crippen LogP contribution in [0.25, 0.3) is 11.0 Å². The predicted octanol–water partition coefficient (Wildman–Crippen LogP) is 8.44. The first kappa shape index (κ1) is 43.8. The number of benzene rings is 2. The zero-order chi connectivity index (χ0) is 42.2. The van der Waals surface area contributed by atoms with Crippen LogP contribution in [0.15, 0.2) is 60.7 Å². The van der Waals surface area contributed by atoms with Crippen LogP contribution in [0.4, 0.5) is 10.3 Å². The largest absolute Gasteiger partial charge is 0.473 e. The van der Waals surface area contributed by atoms with Gasteiger partial charge in [-0.15, -0.1) is 0 Å². The van der Waals surface area contributed by atoms with E-state index in [2.05, 4.69) is 66.5 Å². The topological polar surface area (TPSA) is 143 Å². The van der Waals surface area contributed by atoms with Gasteiger partial charge in [-0.3, -0.25) is 9.69 Å². The smallest absolute Gasteiger partial charge is 0.251 e. The number of nitriles is 1. The Balaban J connectivity index is 1.13. The third kappa shape index (κ3) is 12.2. The summed E-state index contributed by atoms with van der Waals surface area (Å²) >= 11 is 2.37. The molecule has 0 saturated carbocycles. The Labute approximate surface area is 360 Å². The summed E-state index contributed by atoms with van der Waals surface area (Å²) in [5, 5.41) is 15.7. The number of anilines is 1. The van der Waals surface area contributed by atoms with Gasteiger partial charge in [0.1, 0.15) is 18.2 Å². The molecule has 12 nitrogen and oxygen atoms in total. The number of pyridine rings is 1. The normalized spacial score (nSPS) is 14.0. The molecule has 59 heavy (non-hydrogen) atoms. The lowest BCUT2D eigenvalue weighted by atomic mass is 9.93. The van der Waals surface area contributed by atoms with E-state index in [4.69, 9.17) is 24.7 Å². The number of amides is 1. The maximum absolute atomic E-state index is 14.4. The average Bonchev–Trinajstić information content (AvgIpc) is 3.52. The Hall–Kier alpha value is -4.72. The van der Waals surface area contributed by atoms with E-state index >= 15 is 0 Å². The van der Waals surface area contributed by atoms with E-state index in [0.29, 0.717) is 55.6 Å². The Morgan fingerprint density at radius 3 is 2.46 bits per heavy atom. The number of alkyl halides is 1. The molecule has 14 heteroatoms. The zero-order valence-corrected chi connectivity index (χ0v) is 37.1. The number of nitrogens with zero attached hydrogens (tertiary/aromatic N) is 7. The van der Waals surface area contributed by atoms with Crippen molar-refractivity contribution < 1.29 is 18.7 Å². The standard InChI is InChI=1S/C45H55FIN9O3/c1-30-24-31(2)51-43(50-30)49-19-22-56-39-26-34(42(57)54-44(3,4)17-23-59-45(5,6)16-18-47)12-13-38(39)52-40(56)28-55-20-14-33(15-21-55)37-8-7-9-41(53-37)58-29-35-11-10-32(27-48)25-36(35)46/h7-13,24-26,33H,14-23,28-29H2,1-6H3,(H,54,57)(H,49,50,51). The minimum Gasteiger partial charge on any atom is -0.473 e. The number of carbonyl (C=O) groups excluding carboxylic acids is 1. The van der Waals surface area contributed by atoms with Gasteiger partial charge in [0.15, 0.2) is 0 Å². The van der Waals surface area contributed by atoms with Crippen molar-refractivity contribution in [3.8, 4) is 11.9 Å². The second kappa shape index (κ2) is 19.6. The van der Waals surface area contributed by atoms with Crippen molar-refractivity contribution >= 4 is 45.5 Å². The van der Waals surface area contributed by atoms with E-state index in [1.54, 1.807) is 18.2 Å². The van der Waals surface area contributed by atoms with Crippen molar-refractivity contribution in [3.05, 3.63) is 106 Å². The Kier molecular flexibility index (Phi) is 14.5. The van der Waals surface area contributed by atoms with Crippen LogP contribution < -0.4 is 15.4 Å². The molecule has 6 rings (SSSR count). The van der Waals surface area contributed by atoms with Gasteiger partial charge in [-0.05, 0) is 123 Å². The van der Waals surface area contributed by atoms with Crippen LogP contribution in [0.5, 0.6) is 5.88 Å². The van der Waals surface area contributed by atoms with Crippen LogP contribution in [0.2, 0.25) is 0 Å². The molecule has 3 aromatic heterocycles. The van der Waals surface area contributed by atoms with Gasteiger partial charge in [0.2, 0.25) is 11.8 Å². The first-order valence-electron chi connectivity index (χ1n) is 20.3. The fourth-order valence-corrected chi connectivity index (χ4v) is 8.60. The molecule has 0 atom stereocenters. The molecule has 2 aromatic carbocycles. The number of hydrogen-bond acceptors (Lipinski definition) is 10. The molecule has 0 aliphatic carbocycles. The molecule has 1 aliphatic heterocycles. The van der Waals surface area contributed by atoms with E-state index in [1.165, 1.54) is 6.07 Å². The summed E-state index contributed by atoms with van der Waals surface area (Å²) in [4.78, 5) is 35.1. The number of piperidine rings is 1. The van der Waals surface area contributed by atoms with Crippen LogP contribution in [0, 0.1) is 31.0 Å². The minimum atomic E-state index is -0.471. The van der Waals surface area contributed by atoms with Crippen molar-refractivity contribution in [2.75, 3.05) is 36.0 Å². The molecule has 0 radical (unpaired) electrons. The molecule has 5 aromatic rings. The number of ether oxygens (including phenoxy) is 2. The van der Waals surface area contributed by atoms with Gasteiger partial charge in [0, 0.05) is 69.9 Å². The molecular formula is C45H55FIN9O3. The Morgan fingerprint density at radius 1 is 0.983 bits per heavy atom. The maximum atomic E-state index is 14.4. The van der Waals surface area contributed by atoms with E-state index in [1.807, 2.05) is 70.2 Å². The molecule has 1 amide bonds. The first-order valence-corrected chi connectivity index (χ1v) is 21.8. The van der Waals surface area contributed by atoms with Gasteiger partial charge in [0.25, 0.3) is 5.91 Å². The molecule has 1 fully saturated rings. The highest BCUT2D eigenvalue weighted by molar-refractivity contribution is 14.1. The number of aryl methyl sites for hydroxylation is 2. The van der Waals surface area contributed by atoms with Crippen molar-refractivity contribution in [2.24, 2.45) is 0 Å². The molecule has 1 aliphatic rings. The summed E-state index contributed by atoms with van der Waals surface area (Å²) in [6, 6.07) is 19.8. The molecule has 0 bridgehead atoms. The van der Waals surface area contributed by atoms with Gasteiger partial charge >= 0.3 is 0 Å². The number of likely N-dealkylation sites (tertiary alicyclic amines) is 1. The average molecular weight is 916 g/mol. The number of hydrogen-bond donors (Lipinski definition) is 2. The van der Waals surface area contributed by atoms with Crippen molar-refractivity contribution in [2.45, 2.75) is 104 Å². The van der Waals surface area contributed by atoms with Gasteiger partial charge < -0.3 is 24.7 Å². The van der Waals surface area contributed by atoms with Crippen molar-refractivity contribution in [1.29, 1.82) is 5.26 Å². The molecule has 1 saturated heterocycles. The second-order valence-corrected chi connectivity index (χ2v) is 17.7. The number of aromatic nitrogens is 5. The zero-order valence-electron chi connectivity index (χ0n) is 34.9. The number of imidazole rings is 1. The quantitative estimate of drug-likeness (QED) is 0.0650. The molecule has 0 spiro atoms. The highest BCUT2D eigenvalue weighted by Gasteiger charge is 2.26. The van der Waals surface area contributed by atoms with Gasteiger partial charge in [0.05, 0.1) is 34.8 Å². The highest BCUT2D eigenvalue weighted by Crippen LogP contribution is 2.30. The third-order valence-electron chi connectivity index (χ3n) is 10.7.